The molecule has 0 aliphatic heterocycles. The lowest BCUT2D eigenvalue weighted by Gasteiger charge is -2.16. The number of fused-ring (bicyclic) bond motifs is 2. The minimum absolute atomic E-state index is 0.301. The van der Waals surface area contributed by atoms with E-state index in [4.69, 9.17) is 16.3 Å². The fourth-order valence-corrected chi connectivity index (χ4v) is 3.02. The van der Waals surface area contributed by atoms with Crippen molar-refractivity contribution in [1.29, 1.82) is 0 Å². The molecule has 3 aromatic rings. The standard InChI is InChI=1S/C20H21ClO2/c1-2-3-7-17(22)13-23-20-18-8-5-4-6-14(18)11-15-9-10-16(21)12-19(15)20/h4-6,8-12,17,22H,2-3,7,13H2,1H3. The highest BCUT2D eigenvalue weighted by Crippen LogP contribution is 2.36. The van der Waals surface area contributed by atoms with Gasteiger partial charge in [0.1, 0.15) is 12.4 Å². The molecule has 0 radical (unpaired) electrons. The second-order valence-electron chi connectivity index (χ2n) is 5.90. The molecule has 3 aromatic carbocycles. The van der Waals surface area contributed by atoms with Crippen LogP contribution in [0.2, 0.25) is 5.02 Å². The number of hydrogen-bond acceptors (Lipinski definition) is 2. The van der Waals surface area contributed by atoms with E-state index in [9.17, 15) is 5.11 Å². The van der Waals surface area contributed by atoms with E-state index in [1.165, 1.54) is 0 Å². The zero-order valence-corrected chi connectivity index (χ0v) is 14.0. The van der Waals surface area contributed by atoms with E-state index in [0.717, 1.165) is 46.6 Å². The van der Waals surface area contributed by atoms with Crippen molar-refractivity contribution in [3.8, 4) is 5.75 Å². The first-order chi connectivity index (χ1) is 11.2. The maximum Gasteiger partial charge on any atom is 0.135 e. The molecule has 0 saturated carbocycles. The number of aliphatic hydroxyl groups is 1. The summed E-state index contributed by atoms with van der Waals surface area (Å²) < 4.78 is 6.04. The fourth-order valence-electron chi connectivity index (χ4n) is 2.85. The summed E-state index contributed by atoms with van der Waals surface area (Å²) in [4.78, 5) is 0. The van der Waals surface area contributed by atoms with Gasteiger partial charge in [0.15, 0.2) is 0 Å². The number of benzene rings is 3. The third-order valence-electron chi connectivity index (χ3n) is 4.09. The van der Waals surface area contributed by atoms with Crippen LogP contribution in [0.1, 0.15) is 26.2 Å². The van der Waals surface area contributed by atoms with Crippen molar-refractivity contribution in [2.45, 2.75) is 32.3 Å². The smallest absolute Gasteiger partial charge is 0.135 e. The summed E-state index contributed by atoms with van der Waals surface area (Å²) in [5.41, 5.74) is 0. The van der Waals surface area contributed by atoms with Crippen LogP contribution < -0.4 is 4.74 Å². The van der Waals surface area contributed by atoms with E-state index in [1.807, 2.05) is 36.4 Å². The summed E-state index contributed by atoms with van der Waals surface area (Å²) in [6.45, 7) is 2.42. The van der Waals surface area contributed by atoms with E-state index in [-0.39, 0.29) is 0 Å². The molecule has 0 bridgehead atoms. The minimum Gasteiger partial charge on any atom is -0.490 e. The molecule has 0 saturated heterocycles. The van der Waals surface area contributed by atoms with Crippen molar-refractivity contribution in [2.24, 2.45) is 0 Å². The quantitative estimate of drug-likeness (QED) is 0.599. The molecule has 0 aliphatic rings. The maximum atomic E-state index is 10.1. The number of ether oxygens (including phenoxy) is 1. The Labute approximate surface area is 141 Å². The molecule has 120 valence electrons. The summed E-state index contributed by atoms with van der Waals surface area (Å²) in [7, 11) is 0. The van der Waals surface area contributed by atoms with E-state index in [2.05, 4.69) is 19.1 Å². The van der Waals surface area contributed by atoms with Gasteiger partial charge in [-0.2, -0.15) is 0 Å². The summed E-state index contributed by atoms with van der Waals surface area (Å²) in [5.74, 6) is 0.802. The molecule has 3 rings (SSSR count). The molecule has 23 heavy (non-hydrogen) atoms. The van der Waals surface area contributed by atoms with Gasteiger partial charge in [-0.05, 0) is 35.4 Å². The number of halogens is 1. The summed E-state index contributed by atoms with van der Waals surface area (Å²) >= 11 is 6.17. The van der Waals surface area contributed by atoms with Gasteiger partial charge < -0.3 is 9.84 Å². The molecule has 0 fully saturated rings. The van der Waals surface area contributed by atoms with Crippen LogP contribution in [0.3, 0.4) is 0 Å². The zero-order valence-electron chi connectivity index (χ0n) is 13.3. The monoisotopic (exact) mass is 328 g/mol. The largest absolute Gasteiger partial charge is 0.490 e. The molecule has 3 heteroatoms. The Hall–Kier alpha value is -1.77. The molecule has 2 nitrogen and oxygen atoms in total. The Kier molecular flexibility index (Phi) is 5.04. The molecule has 1 atom stereocenters. The van der Waals surface area contributed by atoms with Crippen LogP contribution in [0.25, 0.3) is 21.5 Å². The Morgan fingerprint density at radius 2 is 1.83 bits per heavy atom. The van der Waals surface area contributed by atoms with Crippen molar-refractivity contribution < 1.29 is 9.84 Å². The zero-order chi connectivity index (χ0) is 16.2. The fraction of sp³-hybridized carbons (Fsp3) is 0.300. The lowest BCUT2D eigenvalue weighted by molar-refractivity contribution is 0.0995. The van der Waals surface area contributed by atoms with Crippen LogP contribution in [0.5, 0.6) is 5.75 Å². The second-order valence-corrected chi connectivity index (χ2v) is 6.34. The average molecular weight is 329 g/mol. The molecule has 1 unspecified atom stereocenters. The highest BCUT2D eigenvalue weighted by atomic mass is 35.5. The molecular formula is C20H21ClO2. The molecule has 0 aromatic heterocycles. The average Bonchev–Trinajstić information content (AvgIpc) is 2.57. The highest BCUT2D eigenvalue weighted by molar-refractivity contribution is 6.31. The first-order valence-corrected chi connectivity index (χ1v) is 8.48. The topological polar surface area (TPSA) is 29.5 Å². The van der Waals surface area contributed by atoms with Crippen molar-refractivity contribution in [1.82, 2.24) is 0 Å². The van der Waals surface area contributed by atoms with Gasteiger partial charge in [-0.3, -0.25) is 0 Å². The van der Waals surface area contributed by atoms with Crippen LogP contribution >= 0.6 is 11.6 Å². The van der Waals surface area contributed by atoms with Crippen LogP contribution in [0.15, 0.2) is 48.5 Å². The van der Waals surface area contributed by atoms with Crippen molar-refractivity contribution >= 4 is 33.1 Å². The highest BCUT2D eigenvalue weighted by Gasteiger charge is 2.12. The molecule has 1 N–H and O–H groups in total. The van der Waals surface area contributed by atoms with Gasteiger partial charge in [-0.1, -0.05) is 61.7 Å². The molecule has 0 aliphatic carbocycles. The van der Waals surface area contributed by atoms with Gasteiger partial charge >= 0.3 is 0 Å². The van der Waals surface area contributed by atoms with E-state index in [0.29, 0.717) is 11.6 Å². The van der Waals surface area contributed by atoms with E-state index < -0.39 is 6.10 Å². The summed E-state index contributed by atoms with van der Waals surface area (Å²) in [6, 6.07) is 16.1. The summed E-state index contributed by atoms with van der Waals surface area (Å²) in [6.07, 6.45) is 2.40. The lowest BCUT2D eigenvalue weighted by atomic mass is 10.0. The van der Waals surface area contributed by atoms with E-state index in [1.54, 1.807) is 0 Å². The first kappa shape index (κ1) is 16.1. The van der Waals surface area contributed by atoms with Crippen LogP contribution in [0, 0.1) is 0 Å². The predicted molar refractivity (Wildman–Crippen MR) is 97.5 cm³/mol. The predicted octanol–water partition coefficient (Wildman–Crippen LogP) is 5.58. The van der Waals surface area contributed by atoms with Crippen LogP contribution in [-0.4, -0.2) is 17.8 Å². The van der Waals surface area contributed by atoms with Crippen LogP contribution in [0.4, 0.5) is 0 Å². The number of rotatable bonds is 6. The van der Waals surface area contributed by atoms with Gasteiger partial charge in [0, 0.05) is 15.8 Å². The van der Waals surface area contributed by atoms with Crippen molar-refractivity contribution in [2.75, 3.05) is 6.61 Å². The maximum absolute atomic E-state index is 10.1. The Morgan fingerprint density at radius 1 is 1.04 bits per heavy atom. The van der Waals surface area contributed by atoms with Gasteiger partial charge in [-0.15, -0.1) is 0 Å². The Bertz CT molecular complexity index is 813. The van der Waals surface area contributed by atoms with Crippen molar-refractivity contribution in [3.05, 3.63) is 53.6 Å². The normalized spacial score (nSPS) is 12.7. The molecule has 0 spiro atoms. The van der Waals surface area contributed by atoms with Crippen LogP contribution in [-0.2, 0) is 0 Å². The summed E-state index contributed by atoms with van der Waals surface area (Å²) in [5, 5.41) is 15.0. The first-order valence-electron chi connectivity index (χ1n) is 8.11. The van der Waals surface area contributed by atoms with E-state index >= 15 is 0 Å². The van der Waals surface area contributed by atoms with Crippen molar-refractivity contribution in [3.63, 3.8) is 0 Å². The SMILES string of the molecule is CCCCC(O)COc1c2ccccc2cc2ccc(Cl)cc12. The third-order valence-corrected chi connectivity index (χ3v) is 4.32. The molecule has 0 heterocycles. The second kappa shape index (κ2) is 7.20. The van der Waals surface area contributed by atoms with Gasteiger partial charge in [0.25, 0.3) is 0 Å². The Morgan fingerprint density at radius 3 is 2.65 bits per heavy atom. The minimum atomic E-state index is -0.442. The number of aliphatic hydroxyl groups excluding tert-OH is 1. The number of hydrogen-bond donors (Lipinski definition) is 1. The molecular weight excluding hydrogens is 308 g/mol. The van der Waals surface area contributed by atoms with Gasteiger partial charge in [0.2, 0.25) is 0 Å². The Balaban J connectivity index is 2.02. The third kappa shape index (κ3) is 3.60. The number of unbranched alkanes of at least 4 members (excludes halogenated alkanes) is 1. The van der Waals surface area contributed by atoms with Gasteiger partial charge in [0.05, 0.1) is 6.10 Å². The van der Waals surface area contributed by atoms with Gasteiger partial charge in [-0.25, -0.2) is 0 Å². The lowest BCUT2D eigenvalue weighted by Crippen LogP contribution is -2.17. The molecule has 0 amide bonds.